The quantitative estimate of drug-likeness (QED) is 0.325. The van der Waals surface area contributed by atoms with Crippen LogP contribution in [0.4, 0.5) is 5.69 Å². The first-order valence-electron chi connectivity index (χ1n) is 11.6. The van der Waals surface area contributed by atoms with E-state index in [2.05, 4.69) is 4.72 Å². The summed E-state index contributed by atoms with van der Waals surface area (Å²) in [5, 5.41) is 1.66. The van der Waals surface area contributed by atoms with E-state index in [-0.39, 0.29) is 11.3 Å². The third kappa shape index (κ3) is 5.53. The summed E-state index contributed by atoms with van der Waals surface area (Å²) in [6.45, 7) is 0.450. The van der Waals surface area contributed by atoms with E-state index in [1.165, 1.54) is 6.07 Å². The molecule has 1 atom stereocenters. The fourth-order valence-electron chi connectivity index (χ4n) is 4.37. The minimum Gasteiger partial charge on any atom is -0.399 e. The third-order valence-electron chi connectivity index (χ3n) is 6.44. The molecule has 1 amide bonds. The van der Waals surface area contributed by atoms with E-state index in [9.17, 15) is 18.0 Å². The number of rotatable bonds is 8. The fraction of sp³-hybridized carbons (Fsp3) is 0.308. The van der Waals surface area contributed by atoms with Gasteiger partial charge < -0.3 is 16.4 Å². The Morgan fingerprint density at radius 1 is 0.914 bits per heavy atom. The number of benzene rings is 3. The van der Waals surface area contributed by atoms with Crippen LogP contribution in [0, 0.1) is 0 Å². The Hall–Kier alpha value is -3.27. The van der Waals surface area contributed by atoms with E-state index in [1.54, 1.807) is 41.3 Å². The summed E-state index contributed by atoms with van der Waals surface area (Å²) in [5.41, 5.74) is 11.6. The van der Waals surface area contributed by atoms with Gasteiger partial charge in [0.25, 0.3) is 5.91 Å². The first-order chi connectivity index (χ1) is 16.7. The van der Waals surface area contributed by atoms with Gasteiger partial charge in [-0.3, -0.25) is 9.59 Å². The van der Waals surface area contributed by atoms with Crippen LogP contribution in [0.1, 0.15) is 24.8 Å². The Balaban J connectivity index is 1.56. The number of sulfonamides is 1. The molecular formula is C26H30N4O4S. The van der Waals surface area contributed by atoms with Crippen molar-refractivity contribution < 1.29 is 18.0 Å². The summed E-state index contributed by atoms with van der Waals surface area (Å²) in [5.74, 6) is -1.17. The molecule has 1 fully saturated rings. The Kier molecular flexibility index (Phi) is 7.20. The predicted octanol–water partition coefficient (Wildman–Crippen LogP) is 2.22. The highest BCUT2D eigenvalue weighted by molar-refractivity contribution is 7.89. The number of carbonyl (C=O) groups is 2. The number of fused-ring (bicyclic) bond motifs is 1. The van der Waals surface area contributed by atoms with Crippen LogP contribution >= 0.6 is 0 Å². The summed E-state index contributed by atoms with van der Waals surface area (Å²) in [6, 6.07) is 18.9. The number of carbonyl (C=O) groups excluding carboxylic acids is 2. The summed E-state index contributed by atoms with van der Waals surface area (Å²) in [7, 11) is -4.00. The van der Waals surface area contributed by atoms with Crippen LogP contribution in [0.25, 0.3) is 10.8 Å². The van der Waals surface area contributed by atoms with Crippen LogP contribution in [0.2, 0.25) is 0 Å². The zero-order chi connectivity index (χ0) is 25.1. The first kappa shape index (κ1) is 24.8. The second kappa shape index (κ2) is 10.2. The van der Waals surface area contributed by atoms with Crippen molar-refractivity contribution in [3.05, 3.63) is 72.3 Å². The number of nitrogens with zero attached hydrogens (tertiary/aromatic N) is 1. The van der Waals surface area contributed by atoms with Crippen molar-refractivity contribution in [3.8, 4) is 0 Å². The fourth-order valence-corrected chi connectivity index (χ4v) is 5.38. The Morgan fingerprint density at radius 3 is 2.26 bits per heavy atom. The number of hydrogen-bond donors (Lipinski definition) is 3. The molecule has 35 heavy (non-hydrogen) atoms. The van der Waals surface area contributed by atoms with Crippen molar-refractivity contribution in [1.82, 2.24) is 9.62 Å². The molecule has 3 aromatic rings. The van der Waals surface area contributed by atoms with Gasteiger partial charge in [-0.1, -0.05) is 42.5 Å². The standard InChI is InChI=1S/C26H30N4O4S/c27-22-11-8-19(9-12-22)17-26(28,25(32)30-14-4-1-5-15-30)24(31)18-29-35(33,34)23-13-10-20-6-2-3-7-21(20)16-23/h2-3,6-13,16,29H,1,4-5,14-15,17-18,27-28H2/t26-/m1/s1. The molecule has 1 aliphatic heterocycles. The van der Waals surface area contributed by atoms with Gasteiger partial charge in [0.05, 0.1) is 11.4 Å². The van der Waals surface area contributed by atoms with Crippen molar-refractivity contribution in [3.63, 3.8) is 0 Å². The van der Waals surface area contributed by atoms with Crippen molar-refractivity contribution in [1.29, 1.82) is 0 Å². The average Bonchev–Trinajstić information content (AvgIpc) is 2.88. The maximum absolute atomic E-state index is 13.5. The molecule has 0 saturated carbocycles. The van der Waals surface area contributed by atoms with Gasteiger partial charge in [-0.15, -0.1) is 0 Å². The SMILES string of the molecule is Nc1ccc(C[C@@](N)(C(=O)CNS(=O)(=O)c2ccc3ccccc3c2)C(=O)N2CCCCC2)cc1. The Labute approximate surface area is 205 Å². The van der Waals surface area contributed by atoms with Gasteiger partial charge in [0.1, 0.15) is 0 Å². The lowest BCUT2D eigenvalue weighted by atomic mass is 9.85. The molecule has 9 heteroatoms. The molecule has 1 aliphatic rings. The average molecular weight is 495 g/mol. The van der Waals surface area contributed by atoms with Gasteiger partial charge in [-0.05, 0) is 59.9 Å². The molecule has 0 aromatic heterocycles. The highest BCUT2D eigenvalue weighted by Gasteiger charge is 2.44. The lowest BCUT2D eigenvalue weighted by Gasteiger charge is -2.35. The Bertz CT molecular complexity index is 1330. The molecule has 5 N–H and O–H groups in total. The summed E-state index contributed by atoms with van der Waals surface area (Å²) >= 11 is 0. The van der Waals surface area contributed by atoms with Gasteiger partial charge in [-0.25, -0.2) is 13.1 Å². The normalized spacial score (nSPS) is 16.1. The van der Waals surface area contributed by atoms with Crippen molar-refractivity contribution in [2.24, 2.45) is 5.73 Å². The van der Waals surface area contributed by atoms with Crippen molar-refractivity contribution in [2.75, 3.05) is 25.4 Å². The molecule has 0 spiro atoms. The number of nitrogen functional groups attached to an aromatic ring is 1. The first-order valence-corrected chi connectivity index (χ1v) is 13.1. The van der Waals surface area contributed by atoms with Crippen LogP contribution in [0.5, 0.6) is 0 Å². The molecule has 184 valence electrons. The van der Waals surface area contributed by atoms with Crippen molar-refractivity contribution >= 4 is 38.2 Å². The molecule has 3 aromatic carbocycles. The molecule has 0 radical (unpaired) electrons. The van der Waals surface area contributed by atoms with E-state index < -0.39 is 33.8 Å². The van der Waals surface area contributed by atoms with E-state index in [0.29, 0.717) is 24.3 Å². The number of amides is 1. The van der Waals surface area contributed by atoms with Gasteiger partial charge in [-0.2, -0.15) is 0 Å². The molecule has 0 unspecified atom stereocenters. The van der Waals surface area contributed by atoms with Gasteiger partial charge in [0.15, 0.2) is 11.3 Å². The van der Waals surface area contributed by atoms with E-state index in [0.717, 1.165) is 30.0 Å². The van der Waals surface area contributed by atoms with Crippen LogP contribution in [-0.4, -0.2) is 50.2 Å². The molecule has 1 heterocycles. The van der Waals surface area contributed by atoms with Crippen molar-refractivity contribution in [2.45, 2.75) is 36.1 Å². The lowest BCUT2D eigenvalue weighted by Crippen LogP contribution is -2.64. The largest absolute Gasteiger partial charge is 0.399 e. The smallest absolute Gasteiger partial charge is 0.250 e. The summed E-state index contributed by atoms with van der Waals surface area (Å²) < 4.78 is 28.3. The van der Waals surface area contributed by atoms with E-state index >= 15 is 0 Å². The molecule has 0 bridgehead atoms. The molecule has 4 rings (SSSR count). The second-order valence-electron chi connectivity index (χ2n) is 9.00. The summed E-state index contributed by atoms with van der Waals surface area (Å²) in [4.78, 5) is 28.5. The monoisotopic (exact) mass is 494 g/mol. The maximum atomic E-state index is 13.5. The van der Waals surface area contributed by atoms with Crippen LogP contribution < -0.4 is 16.2 Å². The number of anilines is 1. The number of nitrogens with one attached hydrogen (secondary N) is 1. The number of Topliss-reactive ketones (excluding diaryl/α,β-unsaturated/α-hetero) is 1. The minimum absolute atomic E-state index is 0.0347. The van der Waals surface area contributed by atoms with Gasteiger partial charge >= 0.3 is 0 Å². The highest BCUT2D eigenvalue weighted by atomic mass is 32.2. The predicted molar refractivity (Wildman–Crippen MR) is 136 cm³/mol. The van der Waals surface area contributed by atoms with E-state index in [4.69, 9.17) is 11.5 Å². The number of nitrogens with two attached hydrogens (primary N) is 2. The number of hydrogen-bond acceptors (Lipinski definition) is 6. The number of likely N-dealkylation sites (tertiary alicyclic amines) is 1. The van der Waals surface area contributed by atoms with E-state index in [1.807, 2.05) is 24.3 Å². The van der Waals surface area contributed by atoms with Gasteiger partial charge in [0.2, 0.25) is 10.0 Å². The van der Waals surface area contributed by atoms with Crippen LogP contribution in [-0.2, 0) is 26.0 Å². The topological polar surface area (TPSA) is 136 Å². The molecule has 1 saturated heterocycles. The number of piperidine rings is 1. The second-order valence-corrected chi connectivity index (χ2v) is 10.8. The Morgan fingerprint density at radius 2 is 1.57 bits per heavy atom. The molecular weight excluding hydrogens is 464 g/mol. The lowest BCUT2D eigenvalue weighted by molar-refractivity contribution is -0.143. The highest BCUT2D eigenvalue weighted by Crippen LogP contribution is 2.22. The third-order valence-corrected chi connectivity index (χ3v) is 7.84. The zero-order valence-electron chi connectivity index (χ0n) is 19.4. The zero-order valence-corrected chi connectivity index (χ0v) is 20.3. The summed E-state index contributed by atoms with van der Waals surface area (Å²) in [6.07, 6.45) is 2.64. The van der Waals surface area contributed by atoms with Gasteiger partial charge in [0, 0.05) is 25.2 Å². The van der Waals surface area contributed by atoms with Crippen LogP contribution in [0.3, 0.4) is 0 Å². The minimum atomic E-state index is -4.00. The molecule has 0 aliphatic carbocycles. The van der Waals surface area contributed by atoms with Crippen LogP contribution in [0.15, 0.2) is 71.6 Å². The maximum Gasteiger partial charge on any atom is 0.250 e. The molecule has 8 nitrogen and oxygen atoms in total. The number of ketones is 1.